The number of hydrogen-bond acceptors (Lipinski definition) is 5. The second kappa shape index (κ2) is 5.94. The maximum absolute atomic E-state index is 12.1. The lowest BCUT2D eigenvalue weighted by molar-refractivity contribution is 0.372. The molecule has 1 aromatic rings. The van der Waals surface area contributed by atoms with Crippen LogP contribution in [0.2, 0.25) is 0 Å². The van der Waals surface area contributed by atoms with Crippen molar-refractivity contribution in [2.45, 2.75) is 31.8 Å². The van der Waals surface area contributed by atoms with E-state index < -0.39 is 10.0 Å². The van der Waals surface area contributed by atoms with Crippen LogP contribution in [0.3, 0.4) is 0 Å². The molecular formula is C12H20N4O2S. The summed E-state index contributed by atoms with van der Waals surface area (Å²) < 4.78 is 26.9. The van der Waals surface area contributed by atoms with Crippen molar-refractivity contribution in [3.63, 3.8) is 0 Å². The summed E-state index contributed by atoms with van der Waals surface area (Å²) in [6.07, 6.45) is 1.99. The monoisotopic (exact) mass is 284 g/mol. The Labute approximate surface area is 114 Å². The van der Waals surface area contributed by atoms with Gasteiger partial charge in [-0.15, -0.1) is 0 Å². The summed E-state index contributed by atoms with van der Waals surface area (Å²) in [5.74, 6) is 0.391. The normalized spacial score (nSPS) is 17.6. The summed E-state index contributed by atoms with van der Waals surface area (Å²) in [6.45, 7) is 5.89. The van der Waals surface area contributed by atoms with E-state index in [9.17, 15) is 8.42 Å². The van der Waals surface area contributed by atoms with E-state index in [0.29, 0.717) is 23.9 Å². The van der Waals surface area contributed by atoms with Crippen molar-refractivity contribution < 1.29 is 8.42 Å². The molecule has 19 heavy (non-hydrogen) atoms. The third-order valence-corrected chi connectivity index (χ3v) is 4.43. The zero-order valence-corrected chi connectivity index (χ0v) is 12.1. The van der Waals surface area contributed by atoms with Crippen molar-refractivity contribution in [1.82, 2.24) is 20.0 Å². The van der Waals surface area contributed by atoms with Gasteiger partial charge in [0.1, 0.15) is 0 Å². The van der Waals surface area contributed by atoms with Crippen LogP contribution in [0.1, 0.15) is 24.2 Å². The number of sulfonamides is 1. The molecule has 1 aliphatic rings. The van der Waals surface area contributed by atoms with Gasteiger partial charge in [-0.3, -0.25) is 0 Å². The molecule has 0 aromatic carbocycles. The third-order valence-electron chi connectivity index (χ3n) is 3.22. The second-order valence-electron chi connectivity index (χ2n) is 4.98. The van der Waals surface area contributed by atoms with Gasteiger partial charge in [-0.25, -0.2) is 23.1 Å². The maximum atomic E-state index is 12.1. The highest BCUT2D eigenvalue weighted by Gasteiger charge is 2.21. The van der Waals surface area contributed by atoms with Gasteiger partial charge in [0, 0.05) is 17.9 Å². The zero-order valence-electron chi connectivity index (χ0n) is 11.3. The molecule has 0 bridgehead atoms. The van der Waals surface area contributed by atoms with Gasteiger partial charge >= 0.3 is 0 Å². The molecule has 2 rings (SSSR count). The number of nitrogens with one attached hydrogen (secondary N) is 2. The molecule has 0 radical (unpaired) electrons. The molecule has 1 fully saturated rings. The molecule has 1 aliphatic heterocycles. The summed E-state index contributed by atoms with van der Waals surface area (Å²) >= 11 is 0. The summed E-state index contributed by atoms with van der Waals surface area (Å²) in [5, 5.41) is 3.13. The SMILES string of the molecule is Cc1cc(C)nc(S(=O)(=O)NCC2CCNCC2)n1. The van der Waals surface area contributed by atoms with Gasteiger partial charge in [0.15, 0.2) is 0 Å². The number of piperidine rings is 1. The smallest absolute Gasteiger partial charge is 0.276 e. The average molecular weight is 284 g/mol. The first-order valence-corrected chi connectivity index (χ1v) is 7.98. The predicted octanol–water partition coefficient (Wildman–Crippen LogP) is 0.371. The fourth-order valence-electron chi connectivity index (χ4n) is 2.19. The largest absolute Gasteiger partial charge is 0.317 e. The van der Waals surface area contributed by atoms with Crippen LogP contribution in [0, 0.1) is 19.8 Å². The predicted molar refractivity (Wildman–Crippen MR) is 72.3 cm³/mol. The molecular weight excluding hydrogens is 264 g/mol. The number of aromatic nitrogens is 2. The van der Waals surface area contributed by atoms with E-state index in [2.05, 4.69) is 20.0 Å². The van der Waals surface area contributed by atoms with E-state index >= 15 is 0 Å². The Hall–Kier alpha value is -1.05. The van der Waals surface area contributed by atoms with Gasteiger partial charge < -0.3 is 5.32 Å². The minimum atomic E-state index is -3.60. The quantitative estimate of drug-likeness (QED) is 0.781. The summed E-state index contributed by atoms with van der Waals surface area (Å²) in [5.41, 5.74) is 1.32. The summed E-state index contributed by atoms with van der Waals surface area (Å²) in [6, 6.07) is 1.76. The molecule has 0 spiro atoms. The minimum absolute atomic E-state index is 0.126. The first kappa shape index (κ1) is 14.4. The Kier molecular flexibility index (Phi) is 4.49. The second-order valence-corrected chi connectivity index (χ2v) is 6.64. The van der Waals surface area contributed by atoms with Crippen molar-refractivity contribution in [2.75, 3.05) is 19.6 Å². The van der Waals surface area contributed by atoms with E-state index in [1.807, 2.05) is 0 Å². The molecule has 1 saturated heterocycles. The van der Waals surface area contributed by atoms with Crippen LogP contribution < -0.4 is 10.0 Å². The van der Waals surface area contributed by atoms with E-state index in [1.54, 1.807) is 19.9 Å². The van der Waals surface area contributed by atoms with Crippen LogP contribution in [0.15, 0.2) is 11.2 Å². The van der Waals surface area contributed by atoms with Crippen molar-refractivity contribution >= 4 is 10.0 Å². The lowest BCUT2D eigenvalue weighted by Crippen LogP contribution is -2.36. The average Bonchev–Trinajstić information content (AvgIpc) is 2.37. The van der Waals surface area contributed by atoms with Gasteiger partial charge in [0.2, 0.25) is 0 Å². The molecule has 1 aromatic heterocycles. The van der Waals surface area contributed by atoms with Crippen LogP contribution >= 0.6 is 0 Å². The maximum Gasteiger partial charge on any atom is 0.276 e. The van der Waals surface area contributed by atoms with E-state index in [4.69, 9.17) is 0 Å². The fraction of sp³-hybridized carbons (Fsp3) is 0.667. The standard InChI is InChI=1S/C12H20N4O2S/c1-9-7-10(2)16-12(15-9)19(17,18)14-8-11-3-5-13-6-4-11/h7,11,13-14H,3-6,8H2,1-2H3. The summed E-state index contributed by atoms with van der Waals surface area (Å²) in [4.78, 5) is 7.99. The number of rotatable bonds is 4. The van der Waals surface area contributed by atoms with Crippen LogP contribution in [-0.2, 0) is 10.0 Å². The van der Waals surface area contributed by atoms with Gasteiger partial charge in [0.25, 0.3) is 15.2 Å². The number of hydrogen-bond donors (Lipinski definition) is 2. The van der Waals surface area contributed by atoms with Gasteiger partial charge in [-0.2, -0.15) is 0 Å². The molecule has 0 aliphatic carbocycles. The fourth-order valence-corrected chi connectivity index (χ4v) is 3.30. The first-order valence-electron chi connectivity index (χ1n) is 6.50. The molecule has 0 amide bonds. The van der Waals surface area contributed by atoms with E-state index in [0.717, 1.165) is 25.9 Å². The van der Waals surface area contributed by atoms with Crippen molar-refractivity contribution in [3.05, 3.63) is 17.5 Å². The minimum Gasteiger partial charge on any atom is -0.317 e. The van der Waals surface area contributed by atoms with Crippen molar-refractivity contribution in [2.24, 2.45) is 5.92 Å². The van der Waals surface area contributed by atoms with Crippen molar-refractivity contribution in [3.8, 4) is 0 Å². The van der Waals surface area contributed by atoms with Crippen LogP contribution in [0.25, 0.3) is 0 Å². The Morgan fingerprint density at radius 3 is 2.42 bits per heavy atom. The molecule has 7 heteroatoms. The van der Waals surface area contributed by atoms with Gasteiger partial charge in [-0.05, 0) is 51.8 Å². The van der Waals surface area contributed by atoms with E-state index in [-0.39, 0.29) is 5.16 Å². The van der Waals surface area contributed by atoms with Crippen LogP contribution in [-0.4, -0.2) is 38.0 Å². The lowest BCUT2D eigenvalue weighted by Gasteiger charge is -2.22. The van der Waals surface area contributed by atoms with E-state index in [1.165, 1.54) is 0 Å². The van der Waals surface area contributed by atoms with Gasteiger partial charge in [-0.1, -0.05) is 0 Å². The Bertz CT molecular complexity index is 518. The molecule has 6 nitrogen and oxygen atoms in total. The Morgan fingerprint density at radius 1 is 1.26 bits per heavy atom. The zero-order chi connectivity index (χ0) is 13.9. The Morgan fingerprint density at radius 2 is 1.84 bits per heavy atom. The summed E-state index contributed by atoms with van der Waals surface area (Å²) in [7, 11) is -3.60. The molecule has 2 N–H and O–H groups in total. The highest BCUT2D eigenvalue weighted by molar-refractivity contribution is 7.89. The highest BCUT2D eigenvalue weighted by Crippen LogP contribution is 2.12. The van der Waals surface area contributed by atoms with Gasteiger partial charge in [0.05, 0.1) is 0 Å². The molecule has 106 valence electrons. The highest BCUT2D eigenvalue weighted by atomic mass is 32.2. The lowest BCUT2D eigenvalue weighted by atomic mass is 9.99. The van der Waals surface area contributed by atoms with Crippen LogP contribution in [0.4, 0.5) is 0 Å². The third kappa shape index (κ3) is 3.95. The van der Waals surface area contributed by atoms with Crippen LogP contribution in [0.5, 0.6) is 0 Å². The molecule has 0 atom stereocenters. The Balaban J connectivity index is 2.04. The van der Waals surface area contributed by atoms with Crippen molar-refractivity contribution in [1.29, 1.82) is 0 Å². The first-order chi connectivity index (χ1) is 8.97. The number of aryl methyl sites for hydroxylation is 2. The number of nitrogens with zero attached hydrogens (tertiary/aromatic N) is 2. The molecule has 0 unspecified atom stereocenters. The topological polar surface area (TPSA) is 84.0 Å². The molecule has 2 heterocycles. The molecule has 0 saturated carbocycles.